The third-order valence-electron chi connectivity index (χ3n) is 5.50. The van der Waals surface area contributed by atoms with Crippen molar-refractivity contribution in [3.8, 4) is 0 Å². The third kappa shape index (κ3) is 6.06. The van der Waals surface area contributed by atoms with E-state index in [1.54, 1.807) is 18.2 Å². The van der Waals surface area contributed by atoms with Crippen molar-refractivity contribution < 1.29 is 14.0 Å². The van der Waals surface area contributed by atoms with Crippen LogP contribution in [0.1, 0.15) is 31.0 Å². The first kappa shape index (κ1) is 27.2. The van der Waals surface area contributed by atoms with E-state index >= 15 is 0 Å². The van der Waals surface area contributed by atoms with E-state index in [2.05, 4.69) is 26.6 Å². The first-order valence-corrected chi connectivity index (χ1v) is 12.6. The number of nitrogens with one attached hydrogen (secondary N) is 2. The number of hydrogen-bond donors (Lipinski definition) is 3. The van der Waals surface area contributed by atoms with Crippen LogP contribution in [0.4, 0.5) is 15.8 Å². The standard InChI is InChI=1S/C25H21BrClFN4O2.C2H6/c26-18-9-4-8-17-16(18)12-13-32(23(17)24(33)31-15-6-2-1-3-7-15)25(34)20(29)14-30-21-11-5-10-19(27)22(21)28;1-2/h1-11,14,23,30H,12-13,29H2,(H,31,33);1-2H3/b20-14-;. The molecule has 9 heteroatoms. The van der Waals surface area contributed by atoms with Crippen molar-refractivity contribution in [3.63, 3.8) is 0 Å². The zero-order valence-corrected chi connectivity index (χ0v) is 22.2. The molecule has 4 N–H and O–H groups in total. The van der Waals surface area contributed by atoms with Crippen LogP contribution in [0, 0.1) is 5.82 Å². The molecule has 3 aromatic rings. The molecule has 36 heavy (non-hydrogen) atoms. The monoisotopic (exact) mass is 572 g/mol. The van der Waals surface area contributed by atoms with Crippen LogP contribution in [0.3, 0.4) is 0 Å². The lowest BCUT2D eigenvalue weighted by Gasteiger charge is -2.36. The summed E-state index contributed by atoms with van der Waals surface area (Å²) in [4.78, 5) is 28.1. The van der Waals surface area contributed by atoms with Crippen molar-refractivity contribution in [3.05, 3.63) is 105 Å². The van der Waals surface area contributed by atoms with E-state index in [4.69, 9.17) is 17.3 Å². The van der Waals surface area contributed by atoms with Gasteiger partial charge in [-0.15, -0.1) is 0 Å². The molecule has 0 fully saturated rings. The highest BCUT2D eigenvalue weighted by molar-refractivity contribution is 9.10. The van der Waals surface area contributed by atoms with Gasteiger partial charge < -0.3 is 21.3 Å². The third-order valence-corrected chi connectivity index (χ3v) is 6.53. The van der Waals surface area contributed by atoms with Crippen LogP contribution < -0.4 is 16.4 Å². The maximum atomic E-state index is 14.2. The Morgan fingerprint density at radius 3 is 2.50 bits per heavy atom. The van der Waals surface area contributed by atoms with Crippen LogP contribution in [-0.4, -0.2) is 23.3 Å². The van der Waals surface area contributed by atoms with Crippen molar-refractivity contribution in [2.45, 2.75) is 26.3 Å². The maximum Gasteiger partial charge on any atom is 0.272 e. The van der Waals surface area contributed by atoms with Crippen LogP contribution in [-0.2, 0) is 16.0 Å². The van der Waals surface area contributed by atoms with Crippen LogP contribution >= 0.6 is 27.5 Å². The Labute approximate surface area is 223 Å². The summed E-state index contributed by atoms with van der Waals surface area (Å²) in [5.41, 5.74) is 8.25. The Hall–Kier alpha value is -3.36. The fourth-order valence-corrected chi connectivity index (χ4v) is 4.61. The van der Waals surface area contributed by atoms with Crippen LogP contribution in [0.15, 0.2) is 83.1 Å². The van der Waals surface area contributed by atoms with Crippen LogP contribution in [0.5, 0.6) is 0 Å². The summed E-state index contributed by atoms with van der Waals surface area (Å²) in [6.07, 6.45) is 1.75. The highest BCUT2D eigenvalue weighted by Gasteiger charge is 2.37. The summed E-state index contributed by atoms with van der Waals surface area (Å²) in [6.45, 7) is 4.28. The Kier molecular flexibility index (Phi) is 9.50. The Bertz CT molecular complexity index is 1270. The van der Waals surface area contributed by atoms with Gasteiger partial charge in [0.25, 0.3) is 11.8 Å². The molecule has 1 unspecified atom stereocenters. The van der Waals surface area contributed by atoms with Gasteiger partial charge in [0.2, 0.25) is 0 Å². The van der Waals surface area contributed by atoms with E-state index in [1.807, 2.05) is 50.2 Å². The number of hydrogen-bond acceptors (Lipinski definition) is 4. The minimum Gasteiger partial charge on any atom is -0.393 e. The molecule has 1 aliphatic rings. The van der Waals surface area contributed by atoms with Gasteiger partial charge in [-0.25, -0.2) is 4.39 Å². The molecule has 0 aliphatic carbocycles. The first-order chi connectivity index (χ1) is 17.4. The van der Waals surface area contributed by atoms with Gasteiger partial charge in [0.15, 0.2) is 5.82 Å². The smallest absolute Gasteiger partial charge is 0.272 e. The fraction of sp³-hybridized carbons (Fsp3) is 0.185. The molecule has 2 amide bonds. The Morgan fingerprint density at radius 1 is 1.08 bits per heavy atom. The molecule has 1 atom stereocenters. The molecule has 0 aromatic heterocycles. The lowest BCUT2D eigenvalue weighted by atomic mass is 9.91. The molecule has 1 aliphatic heterocycles. The number of rotatable bonds is 5. The Balaban J connectivity index is 0.00000176. The van der Waals surface area contributed by atoms with Gasteiger partial charge in [-0.2, -0.15) is 0 Å². The van der Waals surface area contributed by atoms with Gasteiger partial charge in [-0.05, 0) is 47.9 Å². The number of nitrogens with zero attached hydrogens (tertiary/aromatic N) is 1. The average Bonchev–Trinajstić information content (AvgIpc) is 2.90. The van der Waals surface area contributed by atoms with Crippen molar-refractivity contribution in [1.29, 1.82) is 0 Å². The summed E-state index contributed by atoms with van der Waals surface area (Å²) in [7, 11) is 0. The largest absolute Gasteiger partial charge is 0.393 e. The van der Waals surface area contributed by atoms with Gasteiger partial charge in [-0.1, -0.05) is 77.8 Å². The summed E-state index contributed by atoms with van der Waals surface area (Å²) in [5.74, 6) is -1.56. The number of para-hydroxylation sites is 1. The van der Waals surface area contributed by atoms with Gasteiger partial charge in [0.1, 0.15) is 11.7 Å². The van der Waals surface area contributed by atoms with Gasteiger partial charge in [-0.3, -0.25) is 9.59 Å². The second-order valence-corrected chi connectivity index (χ2v) is 8.92. The number of carbonyl (C=O) groups excluding carboxylic acids is 2. The highest BCUT2D eigenvalue weighted by atomic mass is 79.9. The number of benzene rings is 3. The fourth-order valence-electron chi connectivity index (χ4n) is 3.86. The quantitative estimate of drug-likeness (QED) is 0.315. The normalized spacial score (nSPS) is 14.8. The predicted molar refractivity (Wildman–Crippen MR) is 146 cm³/mol. The first-order valence-electron chi connectivity index (χ1n) is 11.5. The molecule has 0 bridgehead atoms. The Morgan fingerprint density at radius 2 is 1.78 bits per heavy atom. The van der Waals surface area contributed by atoms with Crippen molar-refractivity contribution >= 4 is 50.7 Å². The molecule has 6 nitrogen and oxygen atoms in total. The number of fused-ring (bicyclic) bond motifs is 1. The molecule has 3 aromatic carbocycles. The van der Waals surface area contributed by atoms with E-state index in [0.717, 1.165) is 10.0 Å². The highest BCUT2D eigenvalue weighted by Crippen LogP contribution is 2.35. The zero-order valence-electron chi connectivity index (χ0n) is 19.9. The second kappa shape index (κ2) is 12.6. The topological polar surface area (TPSA) is 87.5 Å². The zero-order chi connectivity index (χ0) is 26.2. The van der Waals surface area contributed by atoms with Gasteiger partial charge in [0.05, 0.1) is 10.7 Å². The molecule has 0 spiro atoms. The van der Waals surface area contributed by atoms with E-state index in [-0.39, 0.29) is 28.9 Å². The molecule has 4 rings (SSSR count). The van der Waals surface area contributed by atoms with E-state index in [1.165, 1.54) is 23.2 Å². The lowest BCUT2D eigenvalue weighted by molar-refractivity contribution is -0.136. The van der Waals surface area contributed by atoms with Gasteiger partial charge in [0, 0.05) is 22.9 Å². The van der Waals surface area contributed by atoms with Crippen LogP contribution in [0.2, 0.25) is 5.02 Å². The van der Waals surface area contributed by atoms with Crippen molar-refractivity contribution in [2.75, 3.05) is 17.2 Å². The van der Waals surface area contributed by atoms with Gasteiger partial charge >= 0.3 is 0 Å². The number of halogens is 3. The average molecular weight is 574 g/mol. The van der Waals surface area contributed by atoms with E-state index in [9.17, 15) is 14.0 Å². The van der Waals surface area contributed by atoms with E-state index < -0.39 is 17.8 Å². The van der Waals surface area contributed by atoms with Crippen LogP contribution in [0.25, 0.3) is 0 Å². The van der Waals surface area contributed by atoms with E-state index in [0.29, 0.717) is 17.7 Å². The minimum atomic E-state index is -0.899. The summed E-state index contributed by atoms with van der Waals surface area (Å²) >= 11 is 9.35. The van der Waals surface area contributed by atoms with Crippen molar-refractivity contribution in [1.82, 2.24) is 4.90 Å². The molecule has 1 heterocycles. The lowest BCUT2D eigenvalue weighted by Crippen LogP contribution is -2.47. The maximum absolute atomic E-state index is 14.2. The molecule has 188 valence electrons. The minimum absolute atomic E-state index is 0.0563. The summed E-state index contributed by atoms with van der Waals surface area (Å²) < 4.78 is 15.0. The molecular formula is C27H27BrClFN4O2. The number of amides is 2. The molecular weight excluding hydrogens is 547 g/mol. The number of carbonyl (C=O) groups is 2. The molecule has 0 saturated carbocycles. The predicted octanol–water partition coefficient (Wildman–Crippen LogP) is 6.24. The summed E-state index contributed by atoms with van der Waals surface area (Å²) in [5, 5.41) is 5.51. The SMILES string of the molecule is CC.N/C(=C\Nc1cccc(Cl)c1F)C(=O)N1CCc2c(Br)cccc2C1C(=O)Nc1ccccc1. The number of nitrogens with two attached hydrogens (primary N) is 1. The molecule has 0 saturated heterocycles. The second-order valence-electron chi connectivity index (χ2n) is 7.66. The summed E-state index contributed by atoms with van der Waals surface area (Å²) in [6, 6.07) is 18.1. The molecule has 0 radical (unpaired) electrons. The van der Waals surface area contributed by atoms with Crippen molar-refractivity contribution in [2.24, 2.45) is 5.73 Å². The number of anilines is 2.